The van der Waals surface area contributed by atoms with Crippen LogP contribution in [0, 0.1) is 5.82 Å². The van der Waals surface area contributed by atoms with Gasteiger partial charge < -0.3 is 10.6 Å². The molecule has 2 N–H and O–H groups in total. The summed E-state index contributed by atoms with van der Waals surface area (Å²) in [7, 11) is 0. The number of rotatable bonds is 6. The van der Waals surface area contributed by atoms with E-state index in [2.05, 4.69) is 20.6 Å². The first-order valence-corrected chi connectivity index (χ1v) is 6.78. The van der Waals surface area contributed by atoms with Gasteiger partial charge in [-0.3, -0.25) is 9.78 Å². The van der Waals surface area contributed by atoms with Crippen LogP contribution < -0.4 is 10.6 Å². The van der Waals surface area contributed by atoms with Gasteiger partial charge in [-0.2, -0.15) is 0 Å². The van der Waals surface area contributed by atoms with Gasteiger partial charge in [0.05, 0.1) is 5.56 Å². The lowest BCUT2D eigenvalue weighted by atomic mass is 10.2. The quantitative estimate of drug-likeness (QED) is 0.853. The third-order valence-corrected chi connectivity index (χ3v) is 2.90. The zero-order valence-electron chi connectivity index (χ0n) is 11.8. The molecule has 110 valence electrons. The van der Waals surface area contributed by atoms with Gasteiger partial charge >= 0.3 is 0 Å². The van der Waals surface area contributed by atoms with E-state index >= 15 is 0 Å². The summed E-state index contributed by atoms with van der Waals surface area (Å²) in [6.07, 6.45) is 5.49. The predicted molar refractivity (Wildman–Crippen MR) is 78.6 cm³/mol. The lowest BCUT2D eigenvalue weighted by Crippen LogP contribution is -2.27. The zero-order valence-corrected chi connectivity index (χ0v) is 11.8. The molecule has 0 radical (unpaired) electrons. The van der Waals surface area contributed by atoms with Crippen LogP contribution in [0.5, 0.6) is 0 Å². The molecule has 6 heteroatoms. The molecule has 21 heavy (non-hydrogen) atoms. The average Bonchev–Trinajstić information content (AvgIpc) is 2.50. The van der Waals surface area contributed by atoms with E-state index in [1.54, 1.807) is 12.4 Å². The maximum atomic E-state index is 14.1. The number of hydrogen-bond acceptors (Lipinski definition) is 4. The van der Waals surface area contributed by atoms with E-state index in [0.717, 1.165) is 5.56 Å². The molecule has 5 nitrogen and oxygen atoms in total. The molecule has 0 aliphatic carbocycles. The molecule has 0 aromatic carbocycles. The van der Waals surface area contributed by atoms with E-state index in [1.165, 1.54) is 12.3 Å². The van der Waals surface area contributed by atoms with Crippen molar-refractivity contribution in [1.82, 2.24) is 15.3 Å². The van der Waals surface area contributed by atoms with E-state index in [0.29, 0.717) is 19.5 Å². The van der Waals surface area contributed by atoms with Crippen molar-refractivity contribution in [3.8, 4) is 0 Å². The Morgan fingerprint density at radius 2 is 2.19 bits per heavy atom. The Morgan fingerprint density at radius 3 is 2.90 bits per heavy atom. The van der Waals surface area contributed by atoms with Crippen LogP contribution in [-0.2, 0) is 6.42 Å². The summed E-state index contributed by atoms with van der Waals surface area (Å²) in [6, 6.07) is 5.13. The molecule has 0 spiro atoms. The minimum atomic E-state index is -0.627. The van der Waals surface area contributed by atoms with Crippen LogP contribution in [0.25, 0.3) is 0 Å². The van der Waals surface area contributed by atoms with Gasteiger partial charge in [-0.1, -0.05) is 6.07 Å². The van der Waals surface area contributed by atoms with Crippen LogP contribution in [0.15, 0.2) is 36.8 Å². The lowest BCUT2D eigenvalue weighted by Gasteiger charge is -2.09. The predicted octanol–water partition coefficient (Wildman–Crippen LogP) is 2.02. The SMILES string of the molecule is CCNc1nccc(C(=O)NCCc2cccnc2)c1F. The Bertz CT molecular complexity index is 604. The van der Waals surface area contributed by atoms with Gasteiger partial charge in [0.2, 0.25) is 0 Å². The summed E-state index contributed by atoms with van der Waals surface area (Å²) >= 11 is 0. The lowest BCUT2D eigenvalue weighted by molar-refractivity contribution is 0.0950. The zero-order chi connectivity index (χ0) is 15.1. The highest BCUT2D eigenvalue weighted by Gasteiger charge is 2.15. The Morgan fingerprint density at radius 1 is 1.33 bits per heavy atom. The molecule has 1 amide bonds. The van der Waals surface area contributed by atoms with Crippen LogP contribution in [0.1, 0.15) is 22.8 Å². The van der Waals surface area contributed by atoms with Gasteiger partial charge in [0.1, 0.15) is 0 Å². The smallest absolute Gasteiger partial charge is 0.254 e. The van der Waals surface area contributed by atoms with Gasteiger partial charge in [0.25, 0.3) is 5.91 Å². The fraction of sp³-hybridized carbons (Fsp3) is 0.267. The highest BCUT2D eigenvalue weighted by Crippen LogP contribution is 2.14. The standard InChI is InChI=1S/C15H17FN4O/c1-2-18-14-13(16)12(6-9-19-14)15(21)20-8-5-11-4-3-7-17-10-11/h3-4,6-7,9-10H,2,5,8H2,1H3,(H,18,19)(H,20,21). The number of amides is 1. The van der Waals surface area contributed by atoms with E-state index in [1.807, 2.05) is 19.1 Å². The Hall–Kier alpha value is -2.50. The van der Waals surface area contributed by atoms with Gasteiger partial charge in [-0.25, -0.2) is 9.37 Å². The van der Waals surface area contributed by atoms with Gasteiger partial charge in [-0.15, -0.1) is 0 Å². The van der Waals surface area contributed by atoms with E-state index in [9.17, 15) is 9.18 Å². The number of carbonyl (C=O) groups is 1. The second-order valence-corrected chi connectivity index (χ2v) is 4.42. The molecule has 0 saturated carbocycles. The average molecular weight is 288 g/mol. The number of nitrogens with one attached hydrogen (secondary N) is 2. The van der Waals surface area contributed by atoms with Crippen molar-refractivity contribution >= 4 is 11.7 Å². The summed E-state index contributed by atoms with van der Waals surface area (Å²) < 4.78 is 14.1. The summed E-state index contributed by atoms with van der Waals surface area (Å²) in [5, 5.41) is 5.47. The summed E-state index contributed by atoms with van der Waals surface area (Å²) in [5.74, 6) is -0.978. The van der Waals surface area contributed by atoms with E-state index < -0.39 is 11.7 Å². The van der Waals surface area contributed by atoms with Crippen LogP contribution in [0.3, 0.4) is 0 Å². The second-order valence-electron chi connectivity index (χ2n) is 4.42. The normalized spacial score (nSPS) is 10.2. The van der Waals surface area contributed by atoms with Crippen molar-refractivity contribution in [2.24, 2.45) is 0 Å². The van der Waals surface area contributed by atoms with Crippen molar-refractivity contribution in [3.05, 3.63) is 53.7 Å². The number of carbonyl (C=O) groups excluding carboxylic acids is 1. The minimum Gasteiger partial charge on any atom is -0.368 e. The van der Waals surface area contributed by atoms with Crippen LogP contribution in [-0.4, -0.2) is 29.0 Å². The van der Waals surface area contributed by atoms with Crippen LogP contribution in [0.2, 0.25) is 0 Å². The Kier molecular flexibility index (Phi) is 5.20. The number of pyridine rings is 2. The summed E-state index contributed by atoms with van der Waals surface area (Å²) in [6.45, 7) is 2.79. The highest BCUT2D eigenvalue weighted by atomic mass is 19.1. The molecular weight excluding hydrogens is 271 g/mol. The molecule has 0 aliphatic heterocycles. The maximum Gasteiger partial charge on any atom is 0.254 e. The Labute approximate surface area is 122 Å². The minimum absolute atomic E-state index is 0.00728. The highest BCUT2D eigenvalue weighted by molar-refractivity contribution is 5.95. The summed E-state index contributed by atoms with van der Waals surface area (Å²) in [5.41, 5.74) is 1.01. The number of anilines is 1. The molecule has 2 aromatic heterocycles. The van der Waals surface area contributed by atoms with Gasteiger partial charge in [-0.05, 0) is 31.0 Å². The number of nitrogens with zero attached hydrogens (tertiary/aromatic N) is 2. The molecule has 0 saturated heterocycles. The number of aromatic nitrogens is 2. The Balaban J connectivity index is 1.96. The van der Waals surface area contributed by atoms with Crippen molar-refractivity contribution in [2.75, 3.05) is 18.4 Å². The van der Waals surface area contributed by atoms with Gasteiger partial charge in [0, 0.05) is 31.7 Å². The first-order chi connectivity index (χ1) is 10.2. The van der Waals surface area contributed by atoms with E-state index in [4.69, 9.17) is 0 Å². The monoisotopic (exact) mass is 288 g/mol. The number of hydrogen-bond donors (Lipinski definition) is 2. The molecule has 0 fully saturated rings. The molecular formula is C15H17FN4O. The summed E-state index contributed by atoms with van der Waals surface area (Å²) in [4.78, 5) is 19.9. The first-order valence-electron chi connectivity index (χ1n) is 6.78. The fourth-order valence-corrected chi connectivity index (χ4v) is 1.87. The molecule has 0 bridgehead atoms. The third kappa shape index (κ3) is 3.98. The van der Waals surface area contributed by atoms with Crippen LogP contribution >= 0.6 is 0 Å². The number of halogens is 1. The largest absolute Gasteiger partial charge is 0.368 e. The third-order valence-electron chi connectivity index (χ3n) is 2.90. The second kappa shape index (κ2) is 7.33. The van der Waals surface area contributed by atoms with Crippen molar-refractivity contribution in [1.29, 1.82) is 0 Å². The molecule has 0 unspecified atom stereocenters. The topological polar surface area (TPSA) is 66.9 Å². The fourth-order valence-electron chi connectivity index (χ4n) is 1.87. The molecule has 2 aromatic rings. The van der Waals surface area contributed by atoms with Crippen molar-refractivity contribution in [2.45, 2.75) is 13.3 Å². The van der Waals surface area contributed by atoms with Gasteiger partial charge in [0.15, 0.2) is 11.6 Å². The van der Waals surface area contributed by atoms with Crippen molar-refractivity contribution < 1.29 is 9.18 Å². The molecule has 2 heterocycles. The maximum absolute atomic E-state index is 14.1. The molecule has 0 atom stereocenters. The first kappa shape index (κ1) is 14.9. The van der Waals surface area contributed by atoms with Crippen LogP contribution in [0.4, 0.5) is 10.2 Å². The van der Waals surface area contributed by atoms with Crippen molar-refractivity contribution in [3.63, 3.8) is 0 Å². The molecule has 2 rings (SSSR count). The van der Waals surface area contributed by atoms with E-state index in [-0.39, 0.29) is 11.4 Å². The molecule has 0 aliphatic rings.